The quantitative estimate of drug-likeness (QED) is 0.568. The molecule has 0 bridgehead atoms. The van der Waals surface area contributed by atoms with E-state index < -0.39 is 11.5 Å². The van der Waals surface area contributed by atoms with Gasteiger partial charge in [-0.15, -0.1) is 0 Å². The zero-order chi connectivity index (χ0) is 14.1. The number of hydrogen-bond donors (Lipinski definition) is 3. The van der Waals surface area contributed by atoms with Crippen molar-refractivity contribution >= 4 is 23.8 Å². The Bertz CT molecular complexity index is 306. The summed E-state index contributed by atoms with van der Waals surface area (Å²) < 4.78 is 0. The highest BCUT2D eigenvalue weighted by Crippen LogP contribution is 2.34. The number of amides is 2. The first kappa shape index (κ1) is 16.1. The van der Waals surface area contributed by atoms with Crippen LogP contribution in [0, 0.1) is 0 Å². The van der Waals surface area contributed by atoms with E-state index in [1.54, 1.807) is 0 Å². The van der Waals surface area contributed by atoms with Gasteiger partial charge in [-0.1, -0.05) is 6.42 Å². The molecule has 0 saturated heterocycles. The van der Waals surface area contributed by atoms with Gasteiger partial charge in [0.15, 0.2) is 0 Å². The van der Waals surface area contributed by atoms with Crippen molar-refractivity contribution < 1.29 is 14.7 Å². The lowest BCUT2D eigenvalue weighted by molar-refractivity contribution is -0.139. The Kier molecular flexibility index (Phi) is 7.05. The molecule has 1 aliphatic rings. The monoisotopic (exact) mass is 288 g/mol. The lowest BCUT2D eigenvalue weighted by atomic mass is 9.74. The van der Waals surface area contributed by atoms with Gasteiger partial charge in [-0.05, 0) is 44.1 Å². The number of carboxylic acids is 1. The molecule has 3 N–H and O–H groups in total. The number of carboxylic acid groups (broad SMARTS) is 1. The molecule has 110 valence electrons. The van der Waals surface area contributed by atoms with Crippen LogP contribution in [0.4, 0.5) is 4.79 Å². The van der Waals surface area contributed by atoms with Gasteiger partial charge in [0, 0.05) is 6.54 Å². The van der Waals surface area contributed by atoms with Gasteiger partial charge in [-0.25, -0.2) is 4.79 Å². The number of carbonyl (C=O) groups is 2. The average molecular weight is 288 g/mol. The number of carbonyl (C=O) groups excluding carboxylic acids is 1. The minimum Gasteiger partial charge on any atom is -0.481 e. The SMILES string of the molecule is CSCCCCCNC(=O)NC1(CC(=O)O)CCC1. The molecule has 0 aromatic heterocycles. The van der Waals surface area contributed by atoms with Gasteiger partial charge < -0.3 is 15.7 Å². The normalized spacial score (nSPS) is 16.5. The topological polar surface area (TPSA) is 78.4 Å². The van der Waals surface area contributed by atoms with Gasteiger partial charge in [-0.2, -0.15) is 11.8 Å². The number of hydrogen-bond acceptors (Lipinski definition) is 3. The highest BCUT2D eigenvalue weighted by atomic mass is 32.2. The maximum absolute atomic E-state index is 11.7. The Hall–Kier alpha value is -0.910. The zero-order valence-corrected chi connectivity index (χ0v) is 12.4. The number of rotatable bonds is 9. The van der Waals surface area contributed by atoms with E-state index in [9.17, 15) is 9.59 Å². The minimum atomic E-state index is -0.850. The van der Waals surface area contributed by atoms with E-state index in [1.165, 1.54) is 6.42 Å². The average Bonchev–Trinajstić information content (AvgIpc) is 2.30. The third-order valence-electron chi connectivity index (χ3n) is 3.49. The molecule has 19 heavy (non-hydrogen) atoms. The van der Waals surface area contributed by atoms with Crippen molar-refractivity contribution in [2.75, 3.05) is 18.6 Å². The van der Waals surface area contributed by atoms with Crippen LogP contribution in [-0.2, 0) is 4.79 Å². The van der Waals surface area contributed by atoms with Crippen molar-refractivity contribution in [3.05, 3.63) is 0 Å². The smallest absolute Gasteiger partial charge is 0.315 e. The van der Waals surface area contributed by atoms with Crippen LogP contribution < -0.4 is 10.6 Å². The van der Waals surface area contributed by atoms with E-state index in [0.717, 1.165) is 37.9 Å². The van der Waals surface area contributed by atoms with Crippen molar-refractivity contribution in [2.45, 2.75) is 50.5 Å². The largest absolute Gasteiger partial charge is 0.481 e. The summed E-state index contributed by atoms with van der Waals surface area (Å²) in [5.41, 5.74) is -0.505. The summed E-state index contributed by atoms with van der Waals surface area (Å²) in [6.07, 6.45) is 7.89. The van der Waals surface area contributed by atoms with Gasteiger partial charge in [0.25, 0.3) is 0 Å². The lowest BCUT2D eigenvalue weighted by Gasteiger charge is -2.41. The van der Waals surface area contributed by atoms with Gasteiger partial charge in [0.05, 0.1) is 12.0 Å². The molecule has 0 atom stereocenters. The van der Waals surface area contributed by atoms with E-state index in [0.29, 0.717) is 6.54 Å². The number of thioether (sulfide) groups is 1. The maximum Gasteiger partial charge on any atom is 0.315 e. The predicted octanol–water partition coefficient (Wildman–Crippen LogP) is 2.22. The molecule has 1 aliphatic carbocycles. The Morgan fingerprint density at radius 3 is 2.53 bits per heavy atom. The third-order valence-corrected chi connectivity index (χ3v) is 4.19. The van der Waals surface area contributed by atoms with Crippen LogP contribution in [0.1, 0.15) is 44.9 Å². The molecule has 0 radical (unpaired) electrons. The molecular weight excluding hydrogens is 264 g/mol. The highest BCUT2D eigenvalue weighted by molar-refractivity contribution is 7.98. The first-order valence-electron chi connectivity index (χ1n) is 6.85. The first-order chi connectivity index (χ1) is 9.08. The lowest BCUT2D eigenvalue weighted by Crippen LogP contribution is -2.57. The summed E-state index contributed by atoms with van der Waals surface area (Å²) >= 11 is 1.83. The van der Waals surface area contributed by atoms with Crippen LogP contribution in [-0.4, -0.2) is 41.2 Å². The summed E-state index contributed by atoms with van der Waals surface area (Å²) in [6, 6.07) is -0.231. The van der Waals surface area contributed by atoms with E-state index in [4.69, 9.17) is 5.11 Å². The molecule has 0 spiro atoms. The van der Waals surface area contributed by atoms with Crippen molar-refractivity contribution in [3.8, 4) is 0 Å². The van der Waals surface area contributed by atoms with Crippen LogP contribution in [0.3, 0.4) is 0 Å². The maximum atomic E-state index is 11.7. The number of urea groups is 1. The standard InChI is InChI=1S/C13H24N2O3S/c1-19-9-4-2-3-8-14-12(18)15-13(6-5-7-13)10-11(16)17/h2-10H2,1H3,(H,16,17)(H2,14,15,18). The molecule has 0 aliphatic heterocycles. The molecule has 1 fully saturated rings. The molecular formula is C13H24N2O3S. The second-order valence-corrected chi connectivity index (χ2v) is 6.12. The van der Waals surface area contributed by atoms with Gasteiger partial charge >= 0.3 is 12.0 Å². The van der Waals surface area contributed by atoms with Crippen molar-refractivity contribution in [1.29, 1.82) is 0 Å². The van der Waals surface area contributed by atoms with Crippen molar-refractivity contribution in [3.63, 3.8) is 0 Å². The predicted molar refractivity (Wildman–Crippen MR) is 77.6 cm³/mol. The molecule has 1 rings (SSSR count). The Morgan fingerprint density at radius 1 is 1.26 bits per heavy atom. The molecule has 0 unspecified atom stereocenters. The molecule has 1 saturated carbocycles. The van der Waals surface area contributed by atoms with E-state index in [-0.39, 0.29) is 12.5 Å². The Balaban J connectivity index is 2.14. The Labute approximate surface area is 118 Å². The second-order valence-electron chi connectivity index (χ2n) is 5.14. The summed E-state index contributed by atoms with van der Waals surface area (Å²) in [6.45, 7) is 0.656. The number of aliphatic carboxylic acids is 1. The number of nitrogens with one attached hydrogen (secondary N) is 2. The second kappa shape index (κ2) is 8.30. The van der Waals surface area contributed by atoms with Crippen LogP contribution >= 0.6 is 11.8 Å². The molecule has 2 amide bonds. The summed E-state index contributed by atoms with van der Waals surface area (Å²) in [5, 5.41) is 14.5. The fourth-order valence-electron chi connectivity index (χ4n) is 2.27. The van der Waals surface area contributed by atoms with Crippen LogP contribution in [0.25, 0.3) is 0 Å². The van der Waals surface area contributed by atoms with E-state index in [1.807, 2.05) is 11.8 Å². The fraction of sp³-hybridized carbons (Fsp3) is 0.846. The zero-order valence-electron chi connectivity index (χ0n) is 11.5. The van der Waals surface area contributed by atoms with Gasteiger partial charge in [-0.3, -0.25) is 4.79 Å². The molecule has 0 heterocycles. The molecule has 0 aromatic rings. The number of unbranched alkanes of at least 4 members (excludes halogenated alkanes) is 2. The van der Waals surface area contributed by atoms with Crippen LogP contribution in [0.5, 0.6) is 0 Å². The molecule has 5 nitrogen and oxygen atoms in total. The highest BCUT2D eigenvalue weighted by Gasteiger charge is 2.40. The summed E-state index contributed by atoms with van der Waals surface area (Å²) in [7, 11) is 0. The first-order valence-corrected chi connectivity index (χ1v) is 8.24. The Morgan fingerprint density at radius 2 is 2.00 bits per heavy atom. The van der Waals surface area contributed by atoms with E-state index in [2.05, 4.69) is 16.9 Å². The third kappa shape index (κ3) is 6.18. The molecule has 6 heteroatoms. The van der Waals surface area contributed by atoms with E-state index >= 15 is 0 Å². The van der Waals surface area contributed by atoms with Crippen LogP contribution in [0.15, 0.2) is 0 Å². The van der Waals surface area contributed by atoms with Crippen LogP contribution in [0.2, 0.25) is 0 Å². The van der Waals surface area contributed by atoms with Crippen molar-refractivity contribution in [2.24, 2.45) is 0 Å². The summed E-state index contributed by atoms with van der Waals surface area (Å²) in [5.74, 6) is 0.311. The van der Waals surface area contributed by atoms with Crippen molar-refractivity contribution in [1.82, 2.24) is 10.6 Å². The van der Waals surface area contributed by atoms with Gasteiger partial charge in [0.1, 0.15) is 0 Å². The minimum absolute atomic E-state index is 0.0220. The summed E-state index contributed by atoms with van der Waals surface area (Å²) in [4.78, 5) is 22.5. The molecule has 0 aromatic carbocycles. The van der Waals surface area contributed by atoms with Gasteiger partial charge in [0.2, 0.25) is 0 Å². The fourth-order valence-corrected chi connectivity index (χ4v) is 2.77.